The van der Waals surface area contributed by atoms with Gasteiger partial charge in [0.1, 0.15) is 5.01 Å². The molecular formula is C14H16N2S. The van der Waals surface area contributed by atoms with Crippen molar-refractivity contribution in [3.8, 4) is 0 Å². The second-order valence-corrected chi connectivity index (χ2v) is 5.30. The molecule has 1 unspecified atom stereocenters. The Morgan fingerprint density at radius 2 is 2.29 bits per heavy atom. The lowest BCUT2D eigenvalue weighted by Crippen LogP contribution is -2.18. The van der Waals surface area contributed by atoms with Crippen molar-refractivity contribution in [1.82, 2.24) is 10.3 Å². The van der Waals surface area contributed by atoms with Crippen LogP contribution in [0.4, 0.5) is 0 Å². The molecule has 0 fully saturated rings. The van der Waals surface area contributed by atoms with Crippen molar-refractivity contribution in [2.45, 2.75) is 25.8 Å². The molecule has 2 aromatic rings. The highest BCUT2D eigenvalue weighted by Gasteiger charge is 2.29. The summed E-state index contributed by atoms with van der Waals surface area (Å²) in [7, 11) is 0. The van der Waals surface area contributed by atoms with Gasteiger partial charge < -0.3 is 5.32 Å². The van der Waals surface area contributed by atoms with Crippen LogP contribution in [0.3, 0.4) is 0 Å². The van der Waals surface area contributed by atoms with E-state index in [1.807, 2.05) is 0 Å². The quantitative estimate of drug-likeness (QED) is 0.894. The fraction of sp³-hybridized carbons (Fsp3) is 0.357. The largest absolute Gasteiger partial charge is 0.311 e. The Morgan fingerprint density at radius 3 is 3.12 bits per heavy atom. The number of nitrogens with one attached hydrogen (secondary N) is 1. The first-order valence-electron chi connectivity index (χ1n) is 6.11. The summed E-state index contributed by atoms with van der Waals surface area (Å²) >= 11 is 1.80. The molecule has 0 amide bonds. The van der Waals surface area contributed by atoms with Crippen LogP contribution in [0.1, 0.15) is 34.7 Å². The van der Waals surface area contributed by atoms with Crippen LogP contribution >= 0.6 is 11.3 Å². The van der Waals surface area contributed by atoms with E-state index in [0.717, 1.165) is 19.5 Å². The van der Waals surface area contributed by atoms with Crippen LogP contribution in [-0.4, -0.2) is 11.5 Å². The first-order valence-corrected chi connectivity index (χ1v) is 6.99. The third-order valence-corrected chi connectivity index (χ3v) is 4.29. The summed E-state index contributed by atoms with van der Waals surface area (Å²) in [5.74, 6) is 0.548. The topological polar surface area (TPSA) is 24.9 Å². The maximum Gasteiger partial charge on any atom is 0.101 e. The van der Waals surface area contributed by atoms with E-state index in [9.17, 15) is 0 Å². The zero-order valence-electron chi connectivity index (χ0n) is 9.94. The molecule has 2 nitrogen and oxygen atoms in total. The maximum atomic E-state index is 4.72. The van der Waals surface area contributed by atoms with E-state index in [1.165, 1.54) is 21.8 Å². The van der Waals surface area contributed by atoms with E-state index in [0.29, 0.717) is 5.92 Å². The lowest BCUT2D eigenvalue weighted by Gasteiger charge is -2.28. The zero-order chi connectivity index (χ0) is 11.7. The average molecular weight is 244 g/mol. The van der Waals surface area contributed by atoms with Crippen LogP contribution in [0.5, 0.6) is 0 Å². The first kappa shape index (κ1) is 10.9. The van der Waals surface area contributed by atoms with Gasteiger partial charge in [-0.2, -0.15) is 0 Å². The van der Waals surface area contributed by atoms with E-state index in [-0.39, 0.29) is 0 Å². The molecule has 0 radical (unpaired) electrons. The molecule has 1 aromatic carbocycles. The molecule has 1 aliphatic carbocycles. The predicted molar refractivity (Wildman–Crippen MR) is 71.5 cm³/mol. The summed E-state index contributed by atoms with van der Waals surface area (Å²) in [5.41, 5.74) is 4.13. The van der Waals surface area contributed by atoms with Crippen molar-refractivity contribution in [1.29, 1.82) is 0 Å². The standard InChI is InChI=1S/C14H16N2S/c1-2-15-8-11-9-17-14(16-11)13-7-10-5-3-4-6-12(10)13/h3-6,9,13,15H,2,7-8H2,1H3. The summed E-state index contributed by atoms with van der Waals surface area (Å²) in [5, 5.41) is 6.77. The minimum Gasteiger partial charge on any atom is -0.311 e. The van der Waals surface area contributed by atoms with Gasteiger partial charge in [-0.15, -0.1) is 11.3 Å². The molecule has 1 heterocycles. The number of hydrogen-bond acceptors (Lipinski definition) is 3. The van der Waals surface area contributed by atoms with Gasteiger partial charge in [0.05, 0.1) is 5.69 Å². The van der Waals surface area contributed by atoms with Crippen LogP contribution in [0.2, 0.25) is 0 Å². The molecule has 0 bridgehead atoms. The molecule has 0 spiro atoms. The monoisotopic (exact) mass is 244 g/mol. The molecule has 0 saturated heterocycles. The van der Waals surface area contributed by atoms with Crippen molar-refractivity contribution >= 4 is 11.3 Å². The molecule has 1 aromatic heterocycles. The molecule has 1 atom stereocenters. The van der Waals surface area contributed by atoms with Crippen LogP contribution in [0, 0.1) is 0 Å². The van der Waals surface area contributed by atoms with Crippen molar-refractivity contribution in [2.24, 2.45) is 0 Å². The molecule has 17 heavy (non-hydrogen) atoms. The van der Waals surface area contributed by atoms with Crippen LogP contribution < -0.4 is 5.32 Å². The lowest BCUT2D eigenvalue weighted by molar-refractivity contribution is 0.681. The van der Waals surface area contributed by atoms with Gasteiger partial charge in [0.2, 0.25) is 0 Å². The van der Waals surface area contributed by atoms with Crippen LogP contribution in [-0.2, 0) is 13.0 Å². The average Bonchev–Trinajstić information content (AvgIpc) is 2.76. The zero-order valence-corrected chi connectivity index (χ0v) is 10.8. The SMILES string of the molecule is CCNCc1csc(C2Cc3ccccc32)n1. The Kier molecular flexibility index (Phi) is 2.95. The Bertz CT molecular complexity index is 518. The fourth-order valence-corrected chi connectivity index (χ4v) is 3.23. The van der Waals surface area contributed by atoms with E-state index in [2.05, 4.69) is 41.9 Å². The summed E-state index contributed by atoms with van der Waals surface area (Å²) < 4.78 is 0. The number of nitrogens with zero attached hydrogens (tertiary/aromatic N) is 1. The van der Waals surface area contributed by atoms with Gasteiger partial charge in [-0.3, -0.25) is 0 Å². The van der Waals surface area contributed by atoms with Crippen molar-refractivity contribution in [3.05, 3.63) is 51.5 Å². The van der Waals surface area contributed by atoms with Crippen molar-refractivity contribution in [2.75, 3.05) is 6.54 Å². The number of rotatable bonds is 4. The molecule has 1 N–H and O–H groups in total. The maximum absolute atomic E-state index is 4.72. The summed E-state index contributed by atoms with van der Waals surface area (Å²) in [6.07, 6.45) is 1.16. The third kappa shape index (κ3) is 2.01. The summed E-state index contributed by atoms with van der Waals surface area (Å²) in [6, 6.07) is 8.69. The Labute approximate surface area is 106 Å². The van der Waals surface area contributed by atoms with E-state index >= 15 is 0 Å². The van der Waals surface area contributed by atoms with Gasteiger partial charge in [0.15, 0.2) is 0 Å². The third-order valence-electron chi connectivity index (χ3n) is 3.28. The number of hydrogen-bond donors (Lipinski definition) is 1. The van der Waals surface area contributed by atoms with E-state index < -0.39 is 0 Å². The highest BCUT2D eigenvalue weighted by molar-refractivity contribution is 7.09. The molecule has 0 saturated carbocycles. The predicted octanol–water partition coefficient (Wildman–Crippen LogP) is 2.94. The fourth-order valence-electron chi connectivity index (χ4n) is 2.30. The second-order valence-electron chi connectivity index (χ2n) is 4.41. The van der Waals surface area contributed by atoms with Gasteiger partial charge >= 0.3 is 0 Å². The highest BCUT2D eigenvalue weighted by Crippen LogP contribution is 2.40. The Balaban J connectivity index is 1.76. The van der Waals surface area contributed by atoms with E-state index in [4.69, 9.17) is 4.98 Å². The summed E-state index contributed by atoms with van der Waals surface area (Å²) in [4.78, 5) is 4.72. The first-order chi connectivity index (χ1) is 8.38. The van der Waals surface area contributed by atoms with Gasteiger partial charge in [0.25, 0.3) is 0 Å². The van der Waals surface area contributed by atoms with Crippen molar-refractivity contribution in [3.63, 3.8) is 0 Å². The van der Waals surface area contributed by atoms with Crippen LogP contribution in [0.15, 0.2) is 29.6 Å². The second kappa shape index (κ2) is 4.59. The molecule has 1 aliphatic rings. The van der Waals surface area contributed by atoms with Crippen molar-refractivity contribution < 1.29 is 0 Å². The Hall–Kier alpha value is -1.19. The molecule has 88 valence electrons. The summed E-state index contributed by atoms with van der Waals surface area (Å²) in [6.45, 7) is 4.01. The molecule has 0 aliphatic heterocycles. The van der Waals surface area contributed by atoms with Gasteiger partial charge in [-0.1, -0.05) is 31.2 Å². The lowest BCUT2D eigenvalue weighted by atomic mass is 9.78. The molecule has 3 rings (SSSR count). The van der Waals surface area contributed by atoms with E-state index in [1.54, 1.807) is 11.3 Å². The van der Waals surface area contributed by atoms with Crippen LogP contribution in [0.25, 0.3) is 0 Å². The Morgan fingerprint density at radius 1 is 1.41 bits per heavy atom. The number of thiazole rings is 1. The smallest absolute Gasteiger partial charge is 0.101 e. The highest BCUT2D eigenvalue weighted by atomic mass is 32.1. The molecule has 3 heteroatoms. The minimum absolute atomic E-state index is 0.548. The van der Waals surface area contributed by atoms with Gasteiger partial charge in [-0.25, -0.2) is 4.98 Å². The van der Waals surface area contributed by atoms with Gasteiger partial charge in [0, 0.05) is 17.8 Å². The van der Waals surface area contributed by atoms with Gasteiger partial charge in [-0.05, 0) is 24.1 Å². The number of benzene rings is 1. The molecular weight excluding hydrogens is 228 g/mol. The number of aromatic nitrogens is 1. The number of fused-ring (bicyclic) bond motifs is 1. The minimum atomic E-state index is 0.548. The normalized spacial score (nSPS) is 17.6.